The van der Waals surface area contributed by atoms with Gasteiger partial charge in [0.05, 0.1) is 12.4 Å². The molecule has 1 aliphatic rings. The van der Waals surface area contributed by atoms with Crippen molar-refractivity contribution in [1.82, 2.24) is 10.2 Å². The van der Waals surface area contributed by atoms with E-state index in [0.29, 0.717) is 38.6 Å². The number of piperidine rings is 1. The van der Waals surface area contributed by atoms with Gasteiger partial charge in [-0.15, -0.1) is 24.0 Å². The van der Waals surface area contributed by atoms with Crippen molar-refractivity contribution in [2.45, 2.75) is 32.2 Å². The molecule has 1 amide bonds. The van der Waals surface area contributed by atoms with E-state index in [-0.39, 0.29) is 41.9 Å². The van der Waals surface area contributed by atoms with Crippen molar-refractivity contribution < 1.29 is 17.9 Å². The Hall–Kier alpha value is -0.780. The minimum Gasteiger partial charge on any atom is -0.450 e. The quantitative estimate of drug-likeness (QED) is 0.258. The summed E-state index contributed by atoms with van der Waals surface area (Å²) in [5, 5.41) is 3.11. The smallest absolute Gasteiger partial charge is 0.409 e. The number of nitrogens with two attached hydrogens (primary N) is 1. The molecule has 0 radical (unpaired) electrons. The van der Waals surface area contributed by atoms with E-state index < -0.39 is 9.84 Å². The Morgan fingerprint density at radius 2 is 2.00 bits per heavy atom. The number of hydrogen-bond acceptors (Lipinski definition) is 5. The zero-order chi connectivity index (χ0) is 16.6. The lowest BCUT2D eigenvalue weighted by Crippen LogP contribution is -2.48. The van der Waals surface area contributed by atoms with Gasteiger partial charge in [-0.25, -0.2) is 13.2 Å². The SMILES string of the molecule is CCOC(=O)N1CCC(NC(N)=NCCCS(C)(=O)=O)CC1.I. The number of rotatable bonds is 6. The van der Waals surface area contributed by atoms with Crippen LogP contribution in [0.2, 0.25) is 0 Å². The third-order valence-electron chi connectivity index (χ3n) is 3.33. The summed E-state index contributed by atoms with van der Waals surface area (Å²) in [5.74, 6) is 0.435. The first-order valence-corrected chi connectivity index (χ1v) is 9.53. The highest BCUT2D eigenvalue weighted by Gasteiger charge is 2.23. The minimum absolute atomic E-state index is 0. The van der Waals surface area contributed by atoms with E-state index in [1.165, 1.54) is 6.26 Å². The highest BCUT2D eigenvalue weighted by molar-refractivity contribution is 14.0. The van der Waals surface area contributed by atoms with Gasteiger partial charge in [0.15, 0.2) is 5.96 Å². The number of ether oxygens (including phenoxy) is 1. The number of likely N-dealkylation sites (tertiary alicyclic amines) is 1. The molecule has 136 valence electrons. The molecule has 10 heteroatoms. The third kappa shape index (κ3) is 9.84. The Bertz CT molecular complexity index is 490. The van der Waals surface area contributed by atoms with Crippen LogP contribution in [0.15, 0.2) is 4.99 Å². The summed E-state index contributed by atoms with van der Waals surface area (Å²) in [6.45, 7) is 3.79. The van der Waals surface area contributed by atoms with Crippen LogP contribution in [0.3, 0.4) is 0 Å². The molecule has 8 nitrogen and oxygen atoms in total. The van der Waals surface area contributed by atoms with E-state index in [9.17, 15) is 13.2 Å². The van der Waals surface area contributed by atoms with E-state index in [0.717, 1.165) is 12.8 Å². The second kappa shape index (κ2) is 10.9. The first-order valence-electron chi connectivity index (χ1n) is 7.47. The van der Waals surface area contributed by atoms with Crippen molar-refractivity contribution in [2.24, 2.45) is 10.7 Å². The maximum atomic E-state index is 11.6. The summed E-state index contributed by atoms with van der Waals surface area (Å²) < 4.78 is 26.9. The average Bonchev–Trinajstić information content (AvgIpc) is 2.44. The van der Waals surface area contributed by atoms with Crippen LogP contribution >= 0.6 is 24.0 Å². The number of halogens is 1. The van der Waals surface area contributed by atoms with Gasteiger partial charge in [-0.05, 0) is 26.2 Å². The number of nitrogens with one attached hydrogen (secondary N) is 1. The van der Waals surface area contributed by atoms with Gasteiger partial charge in [0.25, 0.3) is 0 Å². The molecule has 0 aromatic heterocycles. The van der Waals surface area contributed by atoms with Crippen LogP contribution < -0.4 is 11.1 Å². The molecule has 0 saturated carbocycles. The van der Waals surface area contributed by atoms with Gasteiger partial charge in [-0.1, -0.05) is 0 Å². The molecule has 23 heavy (non-hydrogen) atoms. The van der Waals surface area contributed by atoms with Crippen molar-refractivity contribution >= 4 is 45.9 Å². The summed E-state index contributed by atoms with van der Waals surface area (Å²) in [6.07, 6.45) is 2.94. The molecule has 0 aromatic rings. The van der Waals surface area contributed by atoms with Crippen LogP contribution in [0.25, 0.3) is 0 Å². The number of sulfone groups is 1. The van der Waals surface area contributed by atoms with E-state index in [1.54, 1.807) is 11.8 Å². The average molecular weight is 462 g/mol. The van der Waals surface area contributed by atoms with Crippen LogP contribution in [-0.4, -0.2) is 69.7 Å². The van der Waals surface area contributed by atoms with Gasteiger partial charge in [0.1, 0.15) is 9.84 Å². The zero-order valence-electron chi connectivity index (χ0n) is 13.7. The number of guanidine groups is 1. The summed E-state index contributed by atoms with van der Waals surface area (Å²) in [6, 6.07) is 0.171. The van der Waals surface area contributed by atoms with E-state index in [4.69, 9.17) is 10.5 Å². The Labute approximate surface area is 155 Å². The van der Waals surface area contributed by atoms with E-state index >= 15 is 0 Å². The summed E-state index contributed by atoms with van der Waals surface area (Å²) in [5.41, 5.74) is 5.78. The molecule has 1 rings (SSSR count). The van der Waals surface area contributed by atoms with E-state index in [2.05, 4.69) is 10.3 Å². The largest absolute Gasteiger partial charge is 0.450 e. The molecule has 1 fully saturated rings. The lowest BCUT2D eigenvalue weighted by molar-refractivity contribution is 0.0963. The van der Waals surface area contributed by atoms with Crippen LogP contribution in [0.1, 0.15) is 26.2 Å². The summed E-state index contributed by atoms with van der Waals surface area (Å²) in [7, 11) is -2.95. The van der Waals surface area contributed by atoms with Gasteiger partial charge >= 0.3 is 6.09 Å². The van der Waals surface area contributed by atoms with Gasteiger partial charge in [-0.3, -0.25) is 4.99 Å². The fraction of sp³-hybridized carbons (Fsp3) is 0.846. The number of aliphatic imine (C=N–C) groups is 1. The predicted molar refractivity (Wildman–Crippen MR) is 101 cm³/mol. The second-order valence-electron chi connectivity index (χ2n) is 5.35. The predicted octanol–water partition coefficient (Wildman–Crippen LogP) is 0.564. The van der Waals surface area contributed by atoms with Crippen LogP contribution in [0, 0.1) is 0 Å². The first kappa shape index (κ1) is 22.2. The molecular formula is C13H27IN4O4S. The lowest BCUT2D eigenvalue weighted by Gasteiger charge is -2.31. The topological polar surface area (TPSA) is 114 Å². The normalized spacial score (nSPS) is 16.6. The van der Waals surface area contributed by atoms with Crippen molar-refractivity contribution in [1.29, 1.82) is 0 Å². The first-order chi connectivity index (χ1) is 10.3. The maximum Gasteiger partial charge on any atom is 0.409 e. The molecule has 3 N–H and O–H groups in total. The Morgan fingerprint density at radius 1 is 1.39 bits per heavy atom. The Morgan fingerprint density at radius 3 is 2.52 bits per heavy atom. The van der Waals surface area contributed by atoms with Gasteiger partial charge < -0.3 is 20.7 Å². The van der Waals surface area contributed by atoms with Crippen molar-refractivity contribution in [3.8, 4) is 0 Å². The standard InChI is InChI=1S/C13H26N4O4S.HI/c1-3-21-13(18)17-8-5-11(6-9-17)16-12(14)15-7-4-10-22(2,19)20;/h11H,3-10H2,1-2H3,(H3,14,15,16);1H. The molecule has 1 heterocycles. The van der Waals surface area contributed by atoms with Crippen LogP contribution in [0.5, 0.6) is 0 Å². The number of carbonyl (C=O) groups excluding carboxylic acids is 1. The molecular weight excluding hydrogens is 435 g/mol. The molecule has 0 atom stereocenters. The van der Waals surface area contributed by atoms with Crippen molar-refractivity contribution in [3.05, 3.63) is 0 Å². The second-order valence-corrected chi connectivity index (χ2v) is 7.61. The monoisotopic (exact) mass is 462 g/mol. The summed E-state index contributed by atoms with van der Waals surface area (Å²) >= 11 is 0. The number of amides is 1. The van der Waals surface area contributed by atoms with Crippen molar-refractivity contribution in [3.63, 3.8) is 0 Å². The fourth-order valence-electron chi connectivity index (χ4n) is 2.20. The molecule has 0 unspecified atom stereocenters. The molecule has 1 saturated heterocycles. The Kier molecular flexibility index (Phi) is 10.5. The summed E-state index contributed by atoms with van der Waals surface area (Å²) in [4.78, 5) is 17.4. The van der Waals surface area contributed by atoms with Crippen LogP contribution in [-0.2, 0) is 14.6 Å². The highest BCUT2D eigenvalue weighted by atomic mass is 127. The molecule has 1 aliphatic heterocycles. The van der Waals surface area contributed by atoms with E-state index in [1.807, 2.05) is 0 Å². The Balaban J connectivity index is 0.00000484. The molecule has 0 aromatic carbocycles. The molecule has 0 aliphatic carbocycles. The maximum absolute atomic E-state index is 11.6. The molecule has 0 bridgehead atoms. The van der Waals surface area contributed by atoms with Crippen LogP contribution in [0.4, 0.5) is 4.79 Å². The van der Waals surface area contributed by atoms with Gasteiger partial charge in [-0.2, -0.15) is 0 Å². The number of carbonyl (C=O) groups is 1. The minimum atomic E-state index is -2.95. The third-order valence-corrected chi connectivity index (χ3v) is 4.36. The fourth-order valence-corrected chi connectivity index (χ4v) is 2.86. The van der Waals surface area contributed by atoms with Crippen molar-refractivity contribution in [2.75, 3.05) is 38.2 Å². The van der Waals surface area contributed by atoms with Gasteiger partial charge in [0.2, 0.25) is 0 Å². The number of hydrogen-bond donors (Lipinski definition) is 2. The lowest BCUT2D eigenvalue weighted by atomic mass is 10.1. The zero-order valence-corrected chi connectivity index (χ0v) is 16.8. The highest BCUT2D eigenvalue weighted by Crippen LogP contribution is 2.11. The molecule has 0 spiro atoms. The van der Waals surface area contributed by atoms with Gasteiger partial charge in [0, 0.05) is 31.9 Å². The number of nitrogens with zero attached hydrogens (tertiary/aromatic N) is 2.